The molecule has 0 fully saturated rings. The summed E-state index contributed by atoms with van der Waals surface area (Å²) in [4.78, 5) is 19.9. The van der Waals surface area contributed by atoms with Crippen LogP contribution in [0.1, 0.15) is 11.5 Å². The van der Waals surface area contributed by atoms with Crippen LogP contribution >= 0.6 is 11.6 Å². The van der Waals surface area contributed by atoms with Crippen LogP contribution in [0.4, 0.5) is 0 Å². The van der Waals surface area contributed by atoms with Crippen molar-refractivity contribution in [2.45, 2.75) is 13.0 Å². The van der Waals surface area contributed by atoms with Crippen LogP contribution in [0.25, 0.3) is 11.6 Å². The maximum atomic E-state index is 11.9. The summed E-state index contributed by atoms with van der Waals surface area (Å²) in [6, 6.07) is 7.28. The van der Waals surface area contributed by atoms with Gasteiger partial charge < -0.3 is 9.73 Å². The Morgan fingerprint density at radius 3 is 2.96 bits per heavy atom. The number of nitrogens with one attached hydrogen (secondary N) is 1. The van der Waals surface area contributed by atoms with Crippen molar-refractivity contribution in [3.63, 3.8) is 0 Å². The highest BCUT2D eigenvalue weighted by molar-refractivity contribution is 6.30. The summed E-state index contributed by atoms with van der Waals surface area (Å²) >= 11 is 5.89. The molecule has 0 saturated carbocycles. The molecule has 0 atom stereocenters. The summed E-state index contributed by atoms with van der Waals surface area (Å²) in [5.41, 5.74) is 1.38. The lowest BCUT2D eigenvalue weighted by molar-refractivity contribution is -0.120. The molecule has 0 saturated heterocycles. The predicted molar refractivity (Wildman–Crippen MR) is 82.3 cm³/mol. The van der Waals surface area contributed by atoms with Gasteiger partial charge in [-0.15, -0.1) is 10.2 Å². The molecule has 0 radical (unpaired) electrons. The van der Waals surface area contributed by atoms with Gasteiger partial charge in [0.05, 0.1) is 6.20 Å². The van der Waals surface area contributed by atoms with Gasteiger partial charge in [0.15, 0.2) is 0 Å². The first-order valence-corrected chi connectivity index (χ1v) is 7.18. The van der Waals surface area contributed by atoms with E-state index in [1.54, 1.807) is 18.3 Å². The molecule has 1 aromatic carbocycles. The van der Waals surface area contributed by atoms with E-state index in [0.717, 1.165) is 5.56 Å². The number of carbonyl (C=O) groups excluding carboxylic acids is 1. The zero-order chi connectivity index (χ0) is 16.1. The van der Waals surface area contributed by atoms with Gasteiger partial charge in [-0.25, -0.2) is 4.98 Å². The highest BCUT2D eigenvalue weighted by Gasteiger charge is 2.13. The van der Waals surface area contributed by atoms with Gasteiger partial charge in [0.2, 0.25) is 11.8 Å². The Hall–Kier alpha value is -2.80. The van der Waals surface area contributed by atoms with Gasteiger partial charge in [0, 0.05) is 24.0 Å². The maximum Gasteiger partial charge on any atom is 0.267 e. The van der Waals surface area contributed by atoms with E-state index >= 15 is 0 Å². The molecule has 23 heavy (non-hydrogen) atoms. The summed E-state index contributed by atoms with van der Waals surface area (Å²) in [5, 5.41) is 11.1. The quantitative estimate of drug-likeness (QED) is 0.769. The van der Waals surface area contributed by atoms with E-state index in [-0.39, 0.29) is 24.1 Å². The number of rotatable bonds is 5. The van der Waals surface area contributed by atoms with E-state index in [2.05, 4.69) is 25.5 Å². The fourth-order valence-electron chi connectivity index (χ4n) is 1.89. The van der Waals surface area contributed by atoms with Crippen molar-refractivity contribution in [3.05, 3.63) is 59.3 Å². The number of nitrogens with zero attached hydrogens (tertiary/aromatic N) is 4. The Balaban J connectivity index is 1.57. The average molecular weight is 330 g/mol. The third-order valence-corrected chi connectivity index (χ3v) is 3.17. The Morgan fingerprint density at radius 2 is 2.17 bits per heavy atom. The fraction of sp³-hybridized carbons (Fsp3) is 0.133. The Labute approximate surface area is 136 Å². The third-order valence-electron chi connectivity index (χ3n) is 2.94. The molecule has 0 aliphatic heterocycles. The van der Waals surface area contributed by atoms with E-state index < -0.39 is 0 Å². The van der Waals surface area contributed by atoms with E-state index in [1.807, 2.05) is 12.1 Å². The van der Waals surface area contributed by atoms with Gasteiger partial charge in [0.1, 0.15) is 12.1 Å². The van der Waals surface area contributed by atoms with Gasteiger partial charge in [-0.2, -0.15) is 0 Å². The predicted octanol–water partition coefficient (Wildman–Crippen LogP) is 2.04. The van der Waals surface area contributed by atoms with Crippen molar-refractivity contribution in [2.24, 2.45) is 0 Å². The number of carbonyl (C=O) groups is 1. The number of halogens is 1. The molecule has 8 heteroatoms. The van der Waals surface area contributed by atoms with Crippen LogP contribution in [0.3, 0.4) is 0 Å². The summed E-state index contributed by atoms with van der Waals surface area (Å²) in [6.45, 7) is 0.380. The van der Waals surface area contributed by atoms with Gasteiger partial charge in [-0.1, -0.05) is 23.7 Å². The van der Waals surface area contributed by atoms with Crippen LogP contribution in [-0.2, 0) is 17.8 Å². The normalized spacial score (nSPS) is 10.5. The zero-order valence-electron chi connectivity index (χ0n) is 11.9. The lowest BCUT2D eigenvalue weighted by Gasteiger charge is -2.04. The highest BCUT2D eigenvalue weighted by atomic mass is 35.5. The molecule has 0 unspecified atom stereocenters. The van der Waals surface area contributed by atoms with Crippen molar-refractivity contribution >= 4 is 17.5 Å². The van der Waals surface area contributed by atoms with Crippen LogP contribution in [-0.4, -0.2) is 26.1 Å². The van der Waals surface area contributed by atoms with E-state index in [0.29, 0.717) is 17.3 Å². The third kappa shape index (κ3) is 4.10. The first-order chi connectivity index (χ1) is 11.2. The number of benzene rings is 1. The van der Waals surface area contributed by atoms with Gasteiger partial charge in [-0.05, 0) is 17.7 Å². The van der Waals surface area contributed by atoms with Crippen molar-refractivity contribution in [1.29, 1.82) is 0 Å². The molecule has 3 aromatic rings. The lowest BCUT2D eigenvalue weighted by Crippen LogP contribution is -2.24. The van der Waals surface area contributed by atoms with Crippen LogP contribution in [0.5, 0.6) is 0 Å². The molecule has 2 aromatic heterocycles. The molecule has 3 rings (SSSR count). The smallest absolute Gasteiger partial charge is 0.267 e. The van der Waals surface area contributed by atoms with Crippen LogP contribution in [0.2, 0.25) is 5.02 Å². The minimum Gasteiger partial charge on any atom is -0.419 e. The SMILES string of the molecule is O=C(Cc1nnc(-c2cnccn2)o1)NCc1cccc(Cl)c1. The molecular weight excluding hydrogens is 318 g/mol. The highest BCUT2D eigenvalue weighted by Crippen LogP contribution is 2.13. The molecule has 1 amide bonds. The standard InChI is InChI=1S/C15H12ClN5O2/c16-11-3-1-2-10(6-11)8-19-13(22)7-14-20-21-15(23-14)12-9-17-4-5-18-12/h1-6,9H,7-8H2,(H,19,22). The Morgan fingerprint density at radius 1 is 1.26 bits per heavy atom. The molecular formula is C15H12ClN5O2. The first kappa shape index (κ1) is 15.1. The lowest BCUT2D eigenvalue weighted by atomic mass is 10.2. The second kappa shape index (κ2) is 6.97. The molecule has 116 valence electrons. The van der Waals surface area contributed by atoms with Crippen LogP contribution in [0, 0.1) is 0 Å². The maximum absolute atomic E-state index is 11.9. The van der Waals surface area contributed by atoms with Crippen LogP contribution < -0.4 is 5.32 Å². The molecule has 1 N–H and O–H groups in total. The van der Waals surface area contributed by atoms with E-state index in [9.17, 15) is 4.79 Å². The van der Waals surface area contributed by atoms with E-state index in [4.69, 9.17) is 16.0 Å². The Bertz CT molecular complexity index is 806. The first-order valence-electron chi connectivity index (χ1n) is 6.80. The summed E-state index contributed by atoms with van der Waals surface area (Å²) in [6.07, 6.45) is 4.57. The van der Waals surface area contributed by atoms with Gasteiger partial charge in [0.25, 0.3) is 5.89 Å². The number of hydrogen-bond donors (Lipinski definition) is 1. The topological polar surface area (TPSA) is 93.8 Å². The van der Waals surface area contributed by atoms with Gasteiger partial charge >= 0.3 is 0 Å². The number of aromatic nitrogens is 4. The Kier molecular flexibility index (Phi) is 4.58. The summed E-state index contributed by atoms with van der Waals surface area (Å²) < 4.78 is 5.40. The monoisotopic (exact) mass is 329 g/mol. The molecule has 2 heterocycles. The molecule has 0 aliphatic carbocycles. The second-order valence-corrected chi connectivity index (χ2v) is 5.11. The largest absolute Gasteiger partial charge is 0.419 e. The van der Waals surface area contributed by atoms with Crippen molar-refractivity contribution in [1.82, 2.24) is 25.5 Å². The fourth-order valence-corrected chi connectivity index (χ4v) is 2.10. The molecule has 0 aliphatic rings. The number of amides is 1. The van der Waals surface area contributed by atoms with Crippen molar-refractivity contribution in [2.75, 3.05) is 0 Å². The summed E-state index contributed by atoms with van der Waals surface area (Å²) in [5.74, 6) is 0.226. The zero-order valence-corrected chi connectivity index (χ0v) is 12.7. The number of hydrogen-bond acceptors (Lipinski definition) is 6. The molecule has 0 bridgehead atoms. The minimum absolute atomic E-state index is 0.00612. The molecule has 7 nitrogen and oxygen atoms in total. The van der Waals surface area contributed by atoms with Crippen molar-refractivity contribution < 1.29 is 9.21 Å². The summed E-state index contributed by atoms with van der Waals surface area (Å²) in [7, 11) is 0. The van der Waals surface area contributed by atoms with Crippen LogP contribution in [0.15, 0.2) is 47.3 Å². The van der Waals surface area contributed by atoms with Crippen molar-refractivity contribution in [3.8, 4) is 11.6 Å². The van der Waals surface area contributed by atoms with E-state index in [1.165, 1.54) is 12.4 Å². The minimum atomic E-state index is -0.223. The second-order valence-electron chi connectivity index (χ2n) is 4.68. The average Bonchev–Trinajstić information content (AvgIpc) is 3.02. The molecule has 0 spiro atoms. The van der Waals surface area contributed by atoms with Gasteiger partial charge in [-0.3, -0.25) is 9.78 Å².